The number of likely N-dealkylation sites (N-methyl/N-ethyl adjacent to an activating group) is 1. The van der Waals surface area contributed by atoms with Crippen LogP contribution in [0.25, 0.3) is 22.3 Å². The fourth-order valence-corrected chi connectivity index (χ4v) is 3.88. The van der Waals surface area contributed by atoms with Gasteiger partial charge in [0.2, 0.25) is 0 Å². The summed E-state index contributed by atoms with van der Waals surface area (Å²) in [5.74, 6) is 2.93. The van der Waals surface area contributed by atoms with Crippen molar-refractivity contribution in [3.05, 3.63) is 59.7 Å². The molecule has 3 heterocycles. The number of carbonyl (C=O) groups excluding carboxylic acids is 1. The predicted octanol–water partition coefficient (Wildman–Crippen LogP) is 5.05. The first-order chi connectivity index (χ1) is 16.3. The molecule has 0 unspecified atom stereocenters. The molecule has 0 N–H and O–H groups in total. The van der Waals surface area contributed by atoms with Gasteiger partial charge in [-0.15, -0.1) is 0 Å². The lowest BCUT2D eigenvalue weighted by Gasteiger charge is -2.19. The molecule has 4 aromatic rings. The maximum Gasteiger partial charge on any atom is 0.254 e. The maximum atomic E-state index is 13.5. The van der Waals surface area contributed by atoms with Crippen LogP contribution in [-0.4, -0.2) is 52.9 Å². The molecule has 1 aromatic carbocycles. The molecule has 0 bridgehead atoms. The number of nitrogens with zero attached hydrogens (tertiary/aromatic N) is 4. The van der Waals surface area contributed by atoms with Crippen LogP contribution in [0.15, 0.2) is 47.0 Å². The Morgan fingerprint density at radius 3 is 2.47 bits per heavy atom. The van der Waals surface area contributed by atoms with Crippen molar-refractivity contribution in [3.8, 4) is 22.8 Å². The van der Waals surface area contributed by atoms with E-state index in [1.54, 1.807) is 25.3 Å². The van der Waals surface area contributed by atoms with Crippen molar-refractivity contribution in [1.29, 1.82) is 0 Å². The number of furan rings is 1. The molecule has 8 nitrogen and oxygen atoms in total. The van der Waals surface area contributed by atoms with Crippen LogP contribution in [0, 0.1) is 13.8 Å². The molecule has 178 valence electrons. The molecular weight excluding hydrogens is 432 g/mol. The van der Waals surface area contributed by atoms with Gasteiger partial charge in [-0.25, -0.2) is 9.67 Å². The zero-order valence-corrected chi connectivity index (χ0v) is 20.5. The normalized spacial score (nSPS) is 11.3. The highest BCUT2D eigenvalue weighted by Crippen LogP contribution is 2.30. The van der Waals surface area contributed by atoms with Gasteiger partial charge in [0, 0.05) is 18.7 Å². The quantitative estimate of drug-likeness (QED) is 0.364. The number of hydrogen-bond donors (Lipinski definition) is 0. The van der Waals surface area contributed by atoms with Crippen LogP contribution in [0.4, 0.5) is 0 Å². The summed E-state index contributed by atoms with van der Waals surface area (Å²) >= 11 is 0. The van der Waals surface area contributed by atoms with Crippen LogP contribution in [0.2, 0.25) is 0 Å². The highest BCUT2D eigenvalue weighted by Gasteiger charge is 2.22. The van der Waals surface area contributed by atoms with Crippen molar-refractivity contribution in [1.82, 2.24) is 19.7 Å². The van der Waals surface area contributed by atoms with Crippen molar-refractivity contribution in [2.75, 3.05) is 27.3 Å². The van der Waals surface area contributed by atoms with Crippen molar-refractivity contribution in [2.24, 2.45) is 0 Å². The first kappa shape index (κ1) is 23.4. The third-order valence-corrected chi connectivity index (χ3v) is 5.70. The molecule has 0 saturated carbocycles. The predicted molar refractivity (Wildman–Crippen MR) is 131 cm³/mol. The Hall–Kier alpha value is -3.81. The summed E-state index contributed by atoms with van der Waals surface area (Å²) in [7, 11) is 3.39. The molecule has 0 aliphatic heterocycles. The van der Waals surface area contributed by atoms with Crippen molar-refractivity contribution in [3.63, 3.8) is 0 Å². The van der Waals surface area contributed by atoms with Gasteiger partial charge >= 0.3 is 0 Å². The molecule has 0 aliphatic rings. The summed E-state index contributed by atoms with van der Waals surface area (Å²) in [6.45, 7) is 8.66. The summed E-state index contributed by atoms with van der Waals surface area (Å²) in [6, 6.07) is 11.2. The molecule has 0 atom stereocenters. The Morgan fingerprint density at radius 1 is 1.15 bits per heavy atom. The summed E-state index contributed by atoms with van der Waals surface area (Å²) in [6.07, 6.45) is 1.72. The Bertz CT molecular complexity index is 1300. The minimum atomic E-state index is -0.117. The van der Waals surface area contributed by atoms with Gasteiger partial charge in [-0.05, 0) is 64.1 Å². The number of aromatic nitrogens is 3. The molecular formula is C26H30N4O4. The third-order valence-electron chi connectivity index (χ3n) is 5.70. The molecule has 1 amide bonds. The number of rotatable bonds is 8. The molecule has 8 heteroatoms. The maximum absolute atomic E-state index is 13.5. The molecule has 34 heavy (non-hydrogen) atoms. The van der Waals surface area contributed by atoms with Crippen molar-refractivity contribution < 1.29 is 18.7 Å². The second-order valence-corrected chi connectivity index (χ2v) is 8.55. The fraction of sp³-hybridized carbons (Fsp3) is 0.346. The van der Waals surface area contributed by atoms with E-state index in [-0.39, 0.29) is 11.9 Å². The lowest BCUT2D eigenvalue weighted by Crippen LogP contribution is -2.31. The lowest BCUT2D eigenvalue weighted by atomic mass is 10.1. The fourth-order valence-electron chi connectivity index (χ4n) is 3.88. The van der Waals surface area contributed by atoms with Crippen LogP contribution in [0.1, 0.15) is 41.8 Å². The van der Waals surface area contributed by atoms with Crippen molar-refractivity contribution >= 4 is 16.9 Å². The number of ether oxygens (including phenoxy) is 2. The summed E-state index contributed by atoms with van der Waals surface area (Å²) in [5.41, 5.74) is 2.79. The second-order valence-electron chi connectivity index (χ2n) is 8.55. The molecule has 4 rings (SSSR count). The first-order valence-electron chi connectivity index (χ1n) is 11.3. The second kappa shape index (κ2) is 9.59. The smallest absolute Gasteiger partial charge is 0.254 e. The van der Waals surface area contributed by atoms with Crippen LogP contribution >= 0.6 is 0 Å². The highest BCUT2D eigenvalue weighted by atomic mass is 16.5. The van der Waals surface area contributed by atoms with Gasteiger partial charge < -0.3 is 18.8 Å². The van der Waals surface area contributed by atoms with Gasteiger partial charge in [-0.1, -0.05) is 0 Å². The standard InChI is InChI=1S/C26H30N4O4/c1-16(2)30-25-23(15-27-30)22(14-24(28-25)21-13-17(3)34-18(21)4)26(31)29(5)11-12-33-20-9-7-19(32-6)8-10-20/h7-10,13-16H,11-12H2,1-6H3. The largest absolute Gasteiger partial charge is 0.497 e. The molecule has 0 fully saturated rings. The van der Waals surface area contributed by atoms with Gasteiger partial charge in [0.05, 0.1) is 36.5 Å². The number of benzene rings is 1. The van der Waals surface area contributed by atoms with Crippen LogP contribution in [-0.2, 0) is 0 Å². The Kier molecular flexibility index (Phi) is 6.58. The summed E-state index contributed by atoms with van der Waals surface area (Å²) < 4.78 is 18.5. The van der Waals surface area contributed by atoms with Gasteiger partial charge in [0.15, 0.2) is 5.65 Å². The van der Waals surface area contributed by atoms with E-state index >= 15 is 0 Å². The molecule has 0 aliphatic carbocycles. The van der Waals surface area contributed by atoms with Gasteiger partial charge in [0.25, 0.3) is 5.91 Å². The van der Waals surface area contributed by atoms with E-state index in [2.05, 4.69) is 5.10 Å². The van der Waals surface area contributed by atoms with Crippen LogP contribution in [0.3, 0.4) is 0 Å². The van der Waals surface area contributed by atoms with Crippen LogP contribution in [0.5, 0.6) is 11.5 Å². The number of methoxy groups -OCH3 is 1. The Balaban J connectivity index is 1.61. The van der Waals surface area contributed by atoms with E-state index in [1.165, 1.54) is 0 Å². The van der Waals surface area contributed by atoms with E-state index in [4.69, 9.17) is 18.9 Å². The molecule has 3 aromatic heterocycles. The van der Waals surface area contributed by atoms with E-state index < -0.39 is 0 Å². The van der Waals surface area contributed by atoms with E-state index in [0.717, 1.165) is 34.0 Å². The highest BCUT2D eigenvalue weighted by molar-refractivity contribution is 6.06. The van der Waals surface area contributed by atoms with Crippen LogP contribution < -0.4 is 9.47 Å². The number of pyridine rings is 1. The topological polar surface area (TPSA) is 82.6 Å². The van der Waals surface area contributed by atoms with E-state index in [1.807, 2.05) is 68.8 Å². The number of carbonyl (C=O) groups is 1. The average Bonchev–Trinajstić information content (AvgIpc) is 3.40. The lowest BCUT2D eigenvalue weighted by molar-refractivity contribution is 0.0775. The molecule has 0 radical (unpaired) electrons. The zero-order chi connectivity index (χ0) is 24.4. The van der Waals surface area contributed by atoms with Gasteiger partial charge in [0.1, 0.15) is 29.6 Å². The zero-order valence-electron chi connectivity index (χ0n) is 20.5. The Morgan fingerprint density at radius 2 is 1.85 bits per heavy atom. The first-order valence-corrected chi connectivity index (χ1v) is 11.3. The Labute approximate surface area is 199 Å². The minimum Gasteiger partial charge on any atom is -0.497 e. The molecule has 0 spiro atoms. The number of aryl methyl sites for hydroxylation is 2. The number of amides is 1. The third kappa shape index (κ3) is 4.62. The SMILES string of the molecule is COc1ccc(OCCN(C)C(=O)c2cc(-c3cc(C)oc3C)nc3c2cnn3C(C)C)cc1. The monoisotopic (exact) mass is 462 g/mol. The van der Waals surface area contributed by atoms with Crippen molar-refractivity contribution in [2.45, 2.75) is 33.7 Å². The summed E-state index contributed by atoms with van der Waals surface area (Å²) in [5, 5.41) is 5.23. The van der Waals surface area contributed by atoms with E-state index in [9.17, 15) is 4.79 Å². The average molecular weight is 463 g/mol. The van der Waals surface area contributed by atoms with E-state index in [0.29, 0.717) is 30.1 Å². The van der Waals surface area contributed by atoms with Gasteiger partial charge in [-0.3, -0.25) is 4.79 Å². The number of hydrogen-bond acceptors (Lipinski definition) is 6. The van der Waals surface area contributed by atoms with Gasteiger partial charge in [-0.2, -0.15) is 5.10 Å². The number of fused-ring (bicyclic) bond motifs is 1. The minimum absolute atomic E-state index is 0.103. The summed E-state index contributed by atoms with van der Waals surface area (Å²) in [4.78, 5) is 20.0. The molecule has 0 saturated heterocycles.